The van der Waals surface area contributed by atoms with Crippen LogP contribution in [0.4, 0.5) is 0 Å². The van der Waals surface area contributed by atoms with Crippen LogP contribution in [0, 0.1) is 5.92 Å². The summed E-state index contributed by atoms with van der Waals surface area (Å²) in [6.45, 7) is 9.58. The Bertz CT molecular complexity index is 305. The first-order valence-corrected chi connectivity index (χ1v) is 8.95. The molecule has 5 nitrogen and oxygen atoms in total. The fourth-order valence-corrected chi connectivity index (χ4v) is 2.15. The largest absolute Gasteiger partial charge is 0.381 e. The number of hydrogen-bond acceptors (Lipinski definition) is 4. The van der Waals surface area contributed by atoms with Crippen molar-refractivity contribution >= 4 is 17.7 Å². The van der Waals surface area contributed by atoms with Gasteiger partial charge in [0, 0.05) is 44.0 Å². The molecule has 0 aromatic rings. The maximum atomic E-state index is 5.68. The molecular formula is C15H31N3O2S. The molecule has 0 aromatic heterocycles. The van der Waals surface area contributed by atoms with Crippen LogP contribution in [0.3, 0.4) is 0 Å². The van der Waals surface area contributed by atoms with Crippen LogP contribution in [0.1, 0.15) is 26.7 Å². The predicted molar refractivity (Wildman–Crippen MR) is 91.3 cm³/mol. The first-order chi connectivity index (χ1) is 10.1. The van der Waals surface area contributed by atoms with Gasteiger partial charge in [0.1, 0.15) is 0 Å². The lowest BCUT2D eigenvalue weighted by Gasteiger charge is -2.23. The van der Waals surface area contributed by atoms with Crippen LogP contribution in [0.2, 0.25) is 0 Å². The summed E-state index contributed by atoms with van der Waals surface area (Å²) in [5.74, 6) is 1.46. The maximum Gasteiger partial charge on any atom is 0.191 e. The van der Waals surface area contributed by atoms with Gasteiger partial charge in [-0.2, -0.15) is 11.8 Å². The average molecular weight is 317 g/mol. The van der Waals surface area contributed by atoms with Crippen LogP contribution in [-0.4, -0.2) is 63.5 Å². The molecule has 6 heteroatoms. The van der Waals surface area contributed by atoms with Gasteiger partial charge in [-0.15, -0.1) is 0 Å². The first kappa shape index (κ1) is 18.6. The number of aliphatic imine (C=N–C) groups is 1. The quantitative estimate of drug-likeness (QED) is 0.385. The van der Waals surface area contributed by atoms with Crippen molar-refractivity contribution < 1.29 is 9.47 Å². The number of rotatable bonds is 9. The minimum atomic E-state index is 0.212. The monoisotopic (exact) mass is 317 g/mol. The Morgan fingerprint density at radius 1 is 1.43 bits per heavy atom. The molecule has 0 aromatic carbocycles. The Morgan fingerprint density at radius 3 is 2.86 bits per heavy atom. The zero-order chi connectivity index (χ0) is 15.6. The topological polar surface area (TPSA) is 54.9 Å². The third kappa shape index (κ3) is 8.53. The molecular weight excluding hydrogens is 286 g/mol. The SMILES string of the molecule is CN=C(NCCCOCC1CCOC1)NCC(C)(C)SC. The van der Waals surface area contributed by atoms with E-state index >= 15 is 0 Å². The lowest BCUT2D eigenvalue weighted by atomic mass is 10.1. The molecule has 1 unspecified atom stereocenters. The van der Waals surface area contributed by atoms with Gasteiger partial charge < -0.3 is 20.1 Å². The molecule has 0 amide bonds. The van der Waals surface area contributed by atoms with Gasteiger partial charge in [0.25, 0.3) is 0 Å². The molecule has 0 radical (unpaired) electrons. The molecule has 0 saturated carbocycles. The van der Waals surface area contributed by atoms with E-state index in [4.69, 9.17) is 9.47 Å². The van der Waals surface area contributed by atoms with Crippen LogP contribution in [0.15, 0.2) is 4.99 Å². The minimum absolute atomic E-state index is 0.212. The van der Waals surface area contributed by atoms with Gasteiger partial charge in [0.05, 0.1) is 13.2 Å². The van der Waals surface area contributed by atoms with Gasteiger partial charge in [-0.05, 0) is 32.9 Å². The molecule has 1 heterocycles. The van der Waals surface area contributed by atoms with E-state index in [0.29, 0.717) is 5.92 Å². The molecule has 1 aliphatic rings. The fraction of sp³-hybridized carbons (Fsp3) is 0.933. The van der Waals surface area contributed by atoms with Crippen molar-refractivity contribution in [1.82, 2.24) is 10.6 Å². The highest BCUT2D eigenvalue weighted by molar-refractivity contribution is 7.99. The van der Waals surface area contributed by atoms with Crippen molar-refractivity contribution in [2.45, 2.75) is 31.4 Å². The second-order valence-corrected chi connectivity index (χ2v) is 7.49. The first-order valence-electron chi connectivity index (χ1n) is 7.72. The highest BCUT2D eigenvalue weighted by Gasteiger charge is 2.16. The summed E-state index contributed by atoms with van der Waals surface area (Å²) in [7, 11) is 1.80. The molecule has 1 atom stereocenters. The van der Waals surface area contributed by atoms with E-state index in [1.54, 1.807) is 7.05 Å². The Hall–Kier alpha value is -0.460. The highest BCUT2D eigenvalue weighted by atomic mass is 32.2. The lowest BCUT2D eigenvalue weighted by Crippen LogP contribution is -2.43. The van der Waals surface area contributed by atoms with Crippen LogP contribution in [0.5, 0.6) is 0 Å². The molecule has 1 fully saturated rings. The molecule has 2 N–H and O–H groups in total. The van der Waals surface area contributed by atoms with Crippen molar-refractivity contribution in [2.75, 3.05) is 52.8 Å². The van der Waals surface area contributed by atoms with Gasteiger partial charge in [0.2, 0.25) is 0 Å². The van der Waals surface area contributed by atoms with E-state index in [2.05, 4.69) is 35.7 Å². The van der Waals surface area contributed by atoms with Crippen molar-refractivity contribution in [1.29, 1.82) is 0 Å². The molecule has 21 heavy (non-hydrogen) atoms. The predicted octanol–water partition coefficient (Wildman–Crippen LogP) is 1.74. The van der Waals surface area contributed by atoms with E-state index in [0.717, 1.165) is 58.3 Å². The summed E-state index contributed by atoms with van der Waals surface area (Å²) in [6, 6.07) is 0. The highest BCUT2D eigenvalue weighted by Crippen LogP contribution is 2.19. The summed E-state index contributed by atoms with van der Waals surface area (Å²) in [4.78, 5) is 4.23. The maximum absolute atomic E-state index is 5.68. The number of thioether (sulfide) groups is 1. The van der Waals surface area contributed by atoms with Crippen molar-refractivity contribution in [3.8, 4) is 0 Å². The second-order valence-electron chi connectivity index (χ2n) is 5.97. The number of ether oxygens (including phenoxy) is 2. The zero-order valence-corrected chi connectivity index (χ0v) is 14.7. The average Bonchev–Trinajstić information content (AvgIpc) is 2.99. The molecule has 0 spiro atoms. The van der Waals surface area contributed by atoms with Gasteiger partial charge >= 0.3 is 0 Å². The Labute approximate surface area is 133 Å². The fourth-order valence-electron chi connectivity index (χ4n) is 1.94. The lowest BCUT2D eigenvalue weighted by molar-refractivity contribution is 0.0888. The number of nitrogens with one attached hydrogen (secondary N) is 2. The Balaban J connectivity index is 2.01. The number of nitrogens with zero attached hydrogens (tertiary/aromatic N) is 1. The molecule has 1 aliphatic heterocycles. The van der Waals surface area contributed by atoms with Crippen LogP contribution in [-0.2, 0) is 9.47 Å². The molecule has 1 saturated heterocycles. The smallest absolute Gasteiger partial charge is 0.191 e. The van der Waals surface area contributed by atoms with Gasteiger partial charge in [-0.25, -0.2) is 0 Å². The standard InChI is InChI=1S/C15H31N3O2S/c1-15(2,21-4)12-18-14(16-3)17-7-5-8-19-10-13-6-9-20-11-13/h13H,5-12H2,1-4H3,(H2,16,17,18). The number of hydrogen-bond donors (Lipinski definition) is 2. The molecule has 124 valence electrons. The normalized spacial score (nSPS) is 19.8. The molecule has 1 rings (SSSR count). The van der Waals surface area contributed by atoms with Crippen LogP contribution in [0.25, 0.3) is 0 Å². The van der Waals surface area contributed by atoms with Gasteiger partial charge in [-0.1, -0.05) is 0 Å². The van der Waals surface area contributed by atoms with E-state index in [1.807, 2.05) is 11.8 Å². The van der Waals surface area contributed by atoms with E-state index in [-0.39, 0.29) is 4.75 Å². The van der Waals surface area contributed by atoms with Crippen molar-refractivity contribution in [3.63, 3.8) is 0 Å². The molecule has 0 bridgehead atoms. The zero-order valence-electron chi connectivity index (χ0n) is 13.9. The summed E-state index contributed by atoms with van der Waals surface area (Å²) in [5.41, 5.74) is 0. The van der Waals surface area contributed by atoms with Crippen LogP contribution >= 0.6 is 11.8 Å². The van der Waals surface area contributed by atoms with E-state index in [9.17, 15) is 0 Å². The Kier molecular flexibility index (Phi) is 9.11. The van der Waals surface area contributed by atoms with Gasteiger partial charge in [-0.3, -0.25) is 4.99 Å². The summed E-state index contributed by atoms with van der Waals surface area (Å²) >= 11 is 1.85. The molecule has 0 aliphatic carbocycles. The van der Waals surface area contributed by atoms with Gasteiger partial charge in [0.15, 0.2) is 5.96 Å². The Morgan fingerprint density at radius 2 is 2.24 bits per heavy atom. The van der Waals surface area contributed by atoms with Crippen molar-refractivity contribution in [2.24, 2.45) is 10.9 Å². The third-order valence-corrected chi connectivity index (χ3v) is 4.84. The number of guanidine groups is 1. The van der Waals surface area contributed by atoms with Crippen molar-refractivity contribution in [3.05, 3.63) is 0 Å². The van der Waals surface area contributed by atoms with E-state index < -0.39 is 0 Å². The van der Waals surface area contributed by atoms with Crippen LogP contribution < -0.4 is 10.6 Å². The minimum Gasteiger partial charge on any atom is -0.381 e. The van der Waals surface area contributed by atoms with E-state index in [1.165, 1.54) is 0 Å². The summed E-state index contributed by atoms with van der Waals surface area (Å²) in [6.07, 6.45) is 4.25. The summed E-state index contributed by atoms with van der Waals surface area (Å²) < 4.78 is 11.2. The summed E-state index contributed by atoms with van der Waals surface area (Å²) in [5, 5.41) is 6.68. The third-order valence-electron chi connectivity index (χ3n) is 3.59. The second kappa shape index (κ2) is 10.3.